The number of rotatable bonds is 9. The molecule has 0 heterocycles. The topological polar surface area (TPSA) is 34.1 Å². The predicted octanol–water partition coefficient (Wildman–Crippen LogP) is 3.92. The highest BCUT2D eigenvalue weighted by Gasteiger charge is 1.89. The van der Waals surface area contributed by atoms with Gasteiger partial charge in [-0.3, -0.25) is 0 Å². The van der Waals surface area contributed by atoms with Crippen molar-refractivity contribution in [3.63, 3.8) is 0 Å². The van der Waals surface area contributed by atoms with Crippen molar-refractivity contribution in [2.45, 2.75) is 71.6 Å². The summed E-state index contributed by atoms with van der Waals surface area (Å²) in [7, 11) is 0. The maximum atomic E-state index is 9.94. The minimum Gasteiger partial charge on any atom is -0.303 e. The molecule has 0 aromatic heterocycles. The first-order valence-corrected chi connectivity index (χ1v) is 6.20. The Labute approximate surface area is 94.4 Å². The Kier molecular flexibility index (Phi) is 21.2. The van der Waals surface area contributed by atoms with Gasteiger partial charge in [-0.1, -0.05) is 52.4 Å². The molecule has 0 radical (unpaired) electrons. The summed E-state index contributed by atoms with van der Waals surface area (Å²) in [6.07, 6.45) is 12.3. The van der Waals surface area contributed by atoms with Gasteiger partial charge in [0.25, 0.3) is 0 Å². The highest BCUT2D eigenvalue weighted by molar-refractivity contribution is 5.48. The third kappa shape index (κ3) is 24.7. The third-order valence-corrected chi connectivity index (χ3v) is 2.09. The van der Waals surface area contributed by atoms with E-state index in [0.717, 1.165) is 25.4 Å². The quantitative estimate of drug-likeness (QED) is 0.430. The van der Waals surface area contributed by atoms with Crippen LogP contribution in [-0.2, 0) is 9.59 Å². The first-order valence-electron chi connectivity index (χ1n) is 6.20. The molecular weight excluding hydrogens is 188 g/mol. The standard InChI is InChI=1S/C10H20O.C3H6O/c1-2-3-4-5-6-7-8-9-10-11;1-2-3-4/h10H,2-9H2,1H3;3H,2H2,1H3. The normalized spacial score (nSPS) is 8.93. The van der Waals surface area contributed by atoms with E-state index >= 15 is 0 Å². The molecule has 0 saturated carbocycles. The Morgan fingerprint density at radius 3 is 1.60 bits per heavy atom. The Balaban J connectivity index is 0. The summed E-state index contributed by atoms with van der Waals surface area (Å²) in [6.45, 7) is 4.04. The van der Waals surface area contributed by atoms with Crippen LogP contribution in [-0.4, -0.2) is 12.6 Å². The fourth-order valence-electron chi connectivity index (χ4n) is 1.18. The van der Waals surface area contributed by atoms with E-state index in [4.69, 9.17) is 0 Å². The maximum Gasteiger partial charge on any atom is 0.119 e. The molecule has 0 amide bonds. The van der Waals surface area contributed by atoms with Crippen molar-refractivity contribution in [2.24, 2.45) is 0 Å². The molecule has 0 aliphatic rings. The first kappa shape index (κ1) is 16.8. The molecule has 0 atom stereocenters. The number of unbranched alkanes of at least 4 members (excludes halogenated alkanes) is 7. The molecule has 0 unspecified atom stereocenters. The lowest BCUT2D eigenvalue weighted by Crippen LogP contribution is -1.80. The van der Waals surface area contributed by atoms with Crippen molar-refractivity contribution in [3.8, 4) is 0 Å². The van der Waals surface area contributed by atoms with Gasteiger partial charge in [0.15, 0.2) is 0 Å². The molecular formula is C13H26O2. The number of carbonyl (C=O) groups excluding carboxylic acids is 2. The zero-order valence-corrected chi connectivity index (χ0v) is 10.3. The van der Waals surface area contributed by atoms with E-state index in [1.54, 1.807) is 0 Å². The van der Waals surface area contributed by atoms with Gasteiger partial charge in [-0.25, -0.2) is 0 Å². The van der Waals surface area contributed by atoms with Crippen LogP contribution in [0.2, 0.25) is 0 Å². The van der Waals surface area contributed by atoms with E-state index in [0.29, 0.717) is 6.42 Å². The molecule has 15 heavy (non-hydrogen) atoms. The van der Waals surface area contributed by atoms with Crippen LogP contribution in [0.5, 0.6) is 0 Å². The van der Waals surface area contributed by atoms with Crippen molar-refractivity contribution >= 4 is 12.6 Å². The van der Waals surface area contributed by atoms with E-state index in [1.807, 2.05) is 6.92 Å². The van der Waals surface area contributed by atoms with Gasteiger partial charge in [0.1, 0.15) is 12.6 Å². The van der Waals surface area contributed by atoms with Crippen LogP contribution in [0.25, 0.3) is 0 Å². The van der Waals surface area contributed by atoms with Crippen LogP contribution in [0.3, 0.4) is 0 Å². The second-order valence-electron chi connectivity index (χ2n) is 3.65. The summed E-state index contributed by atoms with van der Waals surface area (Å²) in [5.74, 6) is 0. The molecule has 0 aromatic carbocycles. The summed E-state index contributed by atoms with van der Waals surface area (Å²) >= 11 is 0. The van der Waals surface area contributed by atoms with Gasteiger partial charge in [0, 0.05) is 12.8 Å². The molecule has 2 nitrogen and oxygen atoms in total. The van der Waals surface area contributed by atoms with Crippen LogP contribution in [0.4, 0.5) is 0 Å². The predicted molar refractivity (Wildman–Crippen MR) is 65.0 cm³/mol. The van der Waals surface area contributed by atoms with Crippen LogP contribution in [0.1, 0.15) is 71.6 Å². The average Bonchev–Trinajstić information content (AvgIpc) is 2.28. The van der Waals surface area contributed by atoms with Gasteiger partial charge >= 0.3 is 0 Å². The lowest BCUT2D eigenvalue weighted by atomic mass is 10.1. The lowest BCUT2D eigenvalue weighted by Gasteiger charge is -1.97. The Morgan fingerprint density at radius 2 is 1.20 bits per heavy atom. The van der Waals surface area contributed by atoms with Crippen LogP contribution >= 0.6 is 0 Å². The minimum atomic E-state index is 0.639. The first-order chi connectivity index (χ1) is 7.33. The monoisotopic (exact) mass is 214 g/mol. The fraction of sp³-hybridized carbons (Fsp3) is 0.846. The molecule has 90 valence electrons. The SMILES string of the molecule is CCC=O.CCCCCCCCCC=O. The van der Waals surface area contributed by atoms with Gasteiger partial charge in [0.05, 0.1) is 0 Å². The number of hydrogen-bond acceptors (Lipinski definition) is 2. The van der Waals surface area contributed by atoms with Crippen LogP contribution in [0, 0.1) is 0 Å². The van der Waals surface area contributed by atoms with E-state index in [2.05, 4.69) is 6.92 Å². The maximum absolute atomic E-state index is 9.94. The van der Waals surface area contributed by atoms with Crippen molar-refractivity contribution in [1.29, 1.82) is 0 Å². The molecule has 0 aliphatic heterocycles. The second-order valence-corrected chi connectivity index (χ2v) is 3.65. The number of aldehydes is 2. The smallest absolute Gasteiger partial charge is 0.119 e. The fourth-order valence-corrected chi connectivity index (χ4v) is 1.18. The number of carbonyl (C=O) groups is 2. The molecule has 0 bridgehead atoms. The molecule has 0 saturated heterocycles. The van der Waals surface area contributed by atoms with Gasteiger partial charge in [-0.15, -0.1) is 0 Å². The largest absolute Gasteiger partial charge is 0.303 e. The van der Waals surface area contributed by atoms with E-state index in [-0.39, 0.29) is 0 Å². The molecule has 0 aliphatic carbocycles. The Morgan fingerprint density at radius 1 is 0.733 bits per heavy atom. The molecule has 0 spiro atoms. The lowest BCUT2D eigenvalue weighted by molar-refractivity contribution is -0.108. The van der Waals surface area contributed by atoms with Gasteiger partial charge in [0.2, 0.25) is 0 Å². The Hall–Kier alpha value is -0.660. The summed E-state index contributed by atoms with van der Waals surface area (Å²) in [4.78, 5) is 19.1. The summed E-state index contributed by atoms with van der Waals surface area (Å²) in [6, 6.07) is 0. The zero-order valence-electron chi connectivity index (χ0n) is 10.3. The number of hydrogen-bond donors (Lipinski definition) is 0. The summed E-state index contributed by atoms with van der Waals surface area (Å²) < 4.78 is 0. The zero-order chi connectivity index (χ0) is 11.8. The van der Waals surface area contributed by atoms with Gasteiger partial charge < -0.3 is 9.59 Å². The van der Waals surface area contributed by atoms with E-state index < -0.39 is 0 Å². The van der Waals surface area contributed by atoms with Gasteiger partial charge in [-0.05, 0) is 6.42 Å². The summed E-state index contributed by atoms with van der Waals surface area (Å²) in [5, 5.41) is 0. The highest BCUT2D eigenvalue weighted by atomic mass is 16.1. The third-order valence-electron chi connectivity index (χ3n) is 2.09. The van der Waals surface area contributed by atoms with E-state index in [1.165, 1.54) is 38.5 Å². The van der Waals surface area contributed by atoms with Gasteiger partial charge in [-0.2, -0.15) is 0 Å². The second kappa shape index (κ2) is 19.0. The molecule has 0 rings (SSSR count). The highest BCUT2D eigenvalue weighted by Crippen LogP contribution is 2.07. The Bertz CT molecular complexity index is 122. The molecule has 2 heteroatoms. The van der Waals surface area contributed by atoms with Crippen LogP contribution in [0.15, 0.2) is 0 Å². The summed E-state index contributed by atoms with van der Waals surface area (Å²) in [5.41, 5.74) is 0. The van der Waals surface area contributed by atoms with Crippen molar-refractivity contribution < 1.29 is 9.59 Å². The van der Waals surface area contributed by atoms with Crippen molar-refractivity contribution in [3.05, 3.63) is 0 Å². The average molecular weight is 214 g/mol. The van der Waals surface area contributed by atoms with Crippen molar-refractivity contribution in [1.82, 2.24) is 0 Å². The molecule has 0 aromatic rings. The molecule has 0 fully saturated rings. The van der Waals surface area contributed by atoms with Crippen molar-refractivity contribution in [2.75, 3.05) is 0 Å². The van der Waals surface area contributed by atoms with Crippen LogP contribution < -0.4 is 0 Å². The van der Waals surface area contributed by atoms with E-state index in [9.17, 15) is 9.59 Å². The minimum absolute atomic E-state index is 0.639. The molecule has 0 N–H and O–H groups in total.